The molecule has 2 aromatic rings. The van der Waals surface area contributed by atoms with Gasteiger partial charge in [0.1, 0.15) is 5.01 Å². The minimum absolute atomic E-state index is 0.0843. The number of ether oxygens (including phenoxy) is 1. The summed E-state index contributed by atoms with van der Waals surface area (Å²) in [7, 11) is 1.83. The van der Waals surface area contributed by atoms with Gasteiger partial charge in [0.2, 0.25) is 5.91 Å². The van der Waals surface area contributed by atoms with E-state index in [1.54, 1.807) is 28.8 Å². The van der Waals surface area contributed by atoms with E-state index < -0.39 is 0 Å². The smallest absolute Gasteiger partial charge is 0.224 e. The van der Waals surface area contributed by atoms with Gasteiger partial charge in [-0.3, -0.25) is 9.69 Å². The zero-order chi connectivity index (χ0) is 16.9. The Labute approximate surface area is 145 Å². The Kier molecular flexibility index (Phi) is 5.60. The lowest BCUT2D eigenvalue weighted by atomic mass is 10.1. The molecule has 0 radical (unpaired) electrons. The molecular weight excluding hydrogens is 326 g/mol. The van der Waals surface area contributed by atoms with Crippen LogP contribution in [-0.4, -0.2) is 63.5 Å². The highest BCUT2D eigenvalue weighted by Gasteiger charge is 2.27. The standard InChI is InChI=1S/C16H23N5O2S/c1-12-14(19-11-18-12)8-21-4-5-23-10-13(21)7-16(22)20(2)9-15-17-3-6-24-15/h3,6,11,13H,4-5,7-10H2,1-2H3,(H,18,19)/t13-/m0/s1. The number of thiazole rings is 1. The molecule has 7 nitrogen and oxygen atoms in total. The Bertz CT molecular complexity index is 657. The molecule has 0 aliphatic carbocycles. The van der Waals surface area contributed by atoms with Crippen LogP contribution in [0.25, 0.3) is 0 Å². The van der Waals surface area contributed by atoms with Crippen molar-refractivity contribution in [2.45, 2.75) is 32.5 Å². The van der Waals surface area contributed by atoms with Gasteiger partial charge in [0.05, 0.1) is 31.8 Å². The first-order chi connectivity index (χ1) is 11.6. The summed E-state index contributed by atoms with van der Waals surface area (Å²) in [5.41, 5.74) is 2.11. The summed E-state index contributed by atoms with van der Waals surface area (Å²) in [5, 5.41) is 2.88. The lowest BCUT2D eigenvalue weighted by Crippen LogP contribution is -2.47. The van der Waals surface area contributed by atoms with Crippen molar-refractivity contribution in [3.63, 3.8) is 0 Å². The highest BCUT2D eigenvalue weighted by molar-refractivity contribution is 7.09. The van der Waals surface area contributed by atoms with Crippen LogP contribution in [0.15, 0.2) is 17.9 Å². The van der Waals surface area contributed by atoms with Gasteiger partial charge in [-0.1, -0.05) is 0 Å². The molecular formula is C16H23N5O2S. The number of aromatic amines is 1. The molecule has 8 heteroatoms. The minimum atomic E-state index is 0.0843. The van der Waals surface area contributed by atoms with Crippen LogP contribution < -0.4 is 0 Å². The van der Waals surface area contributed by atoms with Crippen molar-refractivity contribution in [2.24, 2.45) is 0 Å². The number of amides is 1. The van der Waals surface area contributed by atoms with Crippen molar-refractivity contribution in [1.29, 1.82) is 0 Å². The first kappa shape index (κ1) is 17.1. The Morgan fingerprint density at radius 3 is 3.12 bits per heavy atom. The van der Waals surface area contributed by atoms with Crippen molar-refractivity contribution in [2.75, 3.05) is 26.8 Å². The lowest BCUT2D eigenvalue weighted by molar-refractivity contribution is -0.133. The van der Waals surface area contributed by atoms with Crippen molar-refractivity contribution >= 4 is 17.2 Å². The van der Waals surface area contributed by atoms with E-state index in [0.29, 0.717) is 26.2 Å². The summed E-state index contributed by atoms with van der Waals surface area (Å²) in [6.07, 6.45) is 3.93. The SMILES string of the molecule is Cc1[nH]cnc1CN1CCOC[C@@H]1CC(=O)N(C)Cc1nccs1. The third-order valence-corrected chi connectivity index (χ3v) is 5.09. The molecule has 1 fully saturated rings. The molecule has 24 heavy (non-hydrogen) atoms. The average Bonchev–Trinajstić information content (AvgIpc) is 3.21. The molecule has 130 valence electrons. The molecule has 0 aromatic carbocycles. The fourth-order valence-corrected chi connectivity index (χ4v) is 3.47. The maximum atomic E-state index is 12.6. The van der Waals surface area contributed by atoms with Crippen LogP contribution >= 0.6 is 11.3 Å². The number of rotatable bonds is 6. The first-order valence-electron chi connectivity index (χ1n) is 8.06. The molecule has 1 atom stereocenters. The predicted molar refractivity (Wildman–Crippen MR) is 91.5 cm³/mol. The van der Waals surface area contributed by atoms with Gasteiger partial charge in [-0.05, 0) is 6.92 Å². The second-order valence-electron chi connectivity index (χ2n) is 6.05. The summed E-state index contributed by atoms with van der Waals surface area (Å²) >= 11 is 1.57. The first-order valence-corrected chi connectivity index (χ1v) is 8.94. The number of morpholine rings is 1. The molecule has 0 saturated carbocycles. The van der Waals surface area contributed by atoms with Crippen LogP contribution in [0.2, 0.25) is 0 Å². The second kappa shape index (κ2) is 7.87. The Hall–Kier alpha value is -1.77. The van der Waals surface area contributed by atoms with Crippen molar-refractivity contribution < 1.29 is 9.53 Å². The fraction of sp³-hybridized carbons (Fsp3) is 0.562. The number of hydrogen-bond acceptors (Lipinski definition) is 6. The number of nitrogens with one attached hydrogen (secondary N) is 1. The van der Waals surface area contributed by atoms with Crippen LogP contribution in [0, 0.1) is 6.92 Å². The van der Waals surface area contributed by atoms with E-state index in [0.717, 1.165) is 29.5 Å². The number of imidazole rings is 1. The summed E-state index contributed by atoms with van der Waals surface area (Å²) in [5.74, 6) is 0.115. The zero-order valence-electron chi connectivity index (χ0n) is 14.1. The van der Waals surface area contributed by atoms with Crippen LogP contribution in [-0.2, 0) is 22.6 Å². The van der Waals surface area contributed by atoms with Gasteiger partial charge >= 0.3 is 0 Å². The van der Waals surface area contributed by atoms with Crippen LogP contribution in [0.1, 0.15) is 22.8 Å². The molecule has 0 unspecified atom stereocenters. The van der Waals surface area contributed by atoms with E-state index in [4.69, 9.17) is 4.74 Å². The number of hydrogen-bond donors (Lipinski definition) is 1. The van der Waals surface area contributed by atoms with E-state index in [-0.39, 0.29) is 11.9 Å². The quantitative estimate of drug-likeness (QED) is 0.854. The van der Waals surface area contributed by atoms with Gasteiger partial charge in [0, 0.05) is 49.9 Å². The lowest BCUT2D eigenvalue weighted by Gasteiger charge is -2.35. The van der Waals surface area contributed by atoms with Crippen LogP contribution in [0.4, 0.5) is 0 Å². The molecule has 0 spiro atoms. The summed E-state index contributed by atoms with van der Waals surface area (Å²) in [6.45, 7) is 5.42. The van der Waals surface area contributed by atoms with E-state index >= 15 is 0 Å². The topological polar surface area (TPSA) is 74.4 Å². The van der Waals surface area contributed by atoms with Crippen LogP contribution in [0.3, 0.4) is 0 Å². The van der Waals surface area contributed by atoms with E-state index in [9.17, 15) is 4.79 Å². The maximum Gasteiger partial charge on any atom is 0.224 e. The molecule has 3 heterocycles. The number of carbonyl (C=O) groups excluding carboxylic acids is 1. The highest BCUT2D eigenvalue weighted by Crippen LogP contribution is 2.17. The molecule has 1 aliphatic heterocycles. The average molecular weight is 349 g/mol. The Morgan fingerprint density at radius 2 is 2.42 bits per heavy atom. The molecule has 3 rings (SSSR count). The van der Waals surface area contributed by atoms with Gasteiger partial charge in [0.25, 0.3) is 0 Å². The third-order valence-electron chi connectivity index (χ3n) is 4.33. The van der Waals surface area contributed by atoms with Gasteiger partial charge in [-0.25, -0.2) is 9.97 Å². The third kappa shape index (κ3) is 4.19. The number of aryl methyl sites for hydroxylation is 1. The maximum absolute atomic E-state index is 12.6. The Balaban J connectivity index is 1.58. The predicted octanol–water partition coefficient (Wildman–Crippen LogP) is 1.42. The van der Waals surface area contributed by atoms with Crippen molar-refractivity contribution in [3.8, 4) is 0 Å². The fourth-order valence-electron chi connectivity index (χ4n) is 2.80. The van der Waals surface area contributed by atoms with Gasteiger partial charge in [0.15, 0.2) is 0 Å². The van der Waals surface area contributed by atoms with Crippen molar-refractivity contribution in [3.05, 3.63) is 34.3 Å². The summed E-state index contributed by atoms with van der Waals surface area (Å²) in [4.78, 5) is 28.3. The monoisotopic (exact) mass is 349 g/mol. The van der Waals surface area contributed by atoms with Crippen molar-refractivity contribution in [1.82, 2.24) is 24.8 Å². The normalized spacial score (nSPS) is 18.7. The summed E-state index contributed by atoms with van der Waals surface area (Å²) < 4.78 is 5.60. The van der Waals surface area contributed by atoms with E-state index in [2.05, 4.69) is 19.9 Å². The molecule has 1 amide bonds. The molecule has 2 aromatic heterocycles. The molecule has 1 saturated heterocycles. The molecule has 0 bridgehead atoms. The number of carbonyl (C=O) groups is 1. The Morgan fingerprint density at radius 1 is 1.54 bits per heavy atom. The summed E-state index contributed by atoms with van der Waals surface area (Å²) in [6, 6.07) is 0.0843. The highest BCUT2D eigenvalue weighted by atomic mass is 32.1. The second-order valence-corrected chi connectivity index (χ2v) is 7.03. The number of nitrogens with zero attached hydrogens (tertiary/aromatic N) is 4. The minimum Gasteiger partial charge on any atom is -0.378 e. The van der Waals surface area contributed by atoms with Gasteiger partial charge in [-0.15, -0.1) is 11.3 Å². The van der Waals surface area contributed by atoms with E-state index in [1.807, 2.05) is 19.4 Å². The zero-order valence-corrected chi connectivity index (χ0v) is 14.9. The number of aromatic nitrogens is 3. The molecule has 1 aliphatic rings. The number of H-pyrrole nitrogens is 1. The van der Waals surface area contributed by atoms with E-state index in [1.165, 1.54) is 0 Å². The van der Waals surface area contributed by atoms with Crippen LogP contribution in [0.5, 0.6) is 0 Å². The largest absolute Gasteiger partial charge is 0.378 e. The van der Waals surface area contributed by atoms with Gasteiger partial charge < -0.3 is 14.6 Å². The van der Waals surface area contributed by atoms with Gasteiger partial charge in [-0.2, -0.15) is 0 Å². The molecule has 1 N–H and O–H groups in total.